The van der Waals surface area contributed by atoms with Crippen molar-refractivity contribution >= 4 is 28.8 Å². The van der Waals surface area contributed by atoms with E-state index >= 15 is 0 Å². The van der Waals surface area contributed by atoms with E-state index in [-0.39, 0.29) is 4.99 Å². The Morgan fingerprint density at radius 3 is 2.62 bits per heavy atom. The monoisotopic (exact) mass is 320 g/mol. The molecule has 1 atom stereocenters. The number of anilines is 1. The van der Waals surface area contributed by atoms with E-state index in [0.717, 1.165) is 0 Å². The van der Waals surface area contributed by atoms with Crippen LogP contribution in [0.25, 0.3) is 0 Å². The lowest BCUT2D eigenvalue weighted by Gasteiger charge is -2.15. The molecule has 0 bridgehead atoms. The van der Waals surface area contributed by atoms with Crippen molar-refractivity contribution < 1.29 is 22.7 Å². The van der Waals surface area contributed by atoms with Gasteiger partial charge in [-0.25, -0.2) is 0 Å². The third-order valence-electron chi connectivity index (χ3n) is 2.57. The molecule has 1 unspecified atom stereocenters. The van der Waals surface area contributed by atoms with Crippen molar-refractivity contribution in [1.82, 2.24) is 0 Å². The number of halogens is 3. The van der Waals surface area contributed by atoms with Gasteiger partial charge in [0, 0.05) is 5.56 Å². The second-order valence-corrected chi connectivity index (χ2v) is 4.72. The largest absolute Gasteiger partial charge is 0.391 e. The summed E-state index contributed by atoms with van der Waals surface area (Å²) in [5.41, 5.74) is 6.38. The van der Waals surface area contributed by atoms with Crippen molar-refractivity contribution in [2.45, 2.75) is 25.6 Å². The number of hydrogen-bond acceptors (Lipinski definition) is 3. The van der Waals surface area contributed by atoms with E-state index in [2.05, 4.69) is 5.32 Å². The summed E-state index contributed by atoms with van der Waals surface area (Å²) in [6.07, 6.45) is -6.44. The molecule has 0 fully saturated rings. The number of hydrogen-bond donors (Lipinski definition) is 2. The smallest absolute Gasteiger partial charge is 0.389 e. The van der Waals surface area contributed by atoms with Gasteiger partial charge >= 0.3 is 6.18 Å². The Morgan fingerprint density at radius 1 is 1.43 bits per heavy atom. The fraction of sp³-hybridized carbons (Fsp3) is 0.385. The molecule has 0 aliphatic heterocycles. The van der Waals surface area contributed by atoms with Crippen molar-refractivity contribution in [2.24, 2.45) is 5.73 Å². The molecule has 0 aliphatic rings. The molecule has 21 heavy (non-hydrogen) atoms. The molecule has 0 radical (unpaired) electrons. The third-order valence-corrected chi connectivity index (χ3v) is 2.79. The van der Waals surface area contributed by atoms with E-state index in [0.29, 0.717) is 11.3 Å². The Morgan fingerprint density at radius 2 is 2.05 bits per heavy atom. The molecule has 0 aliphatic carbocycles. The summed E-state index contributed by atoms with van der Waals surface area (Å²) >= 11 is 4.85. The van der Waals surface area contributed by atoms with Gasteiger partial charge in [-0.3, -0.25) is 4.79 Å². The predicted molar refractivity (Wildman–Crippen MR) is 77.0 cm³/mol. The molecule has 0 saturated heterocycles. The first-order chi connectivity index (χ1) is 9.70. The molecule has 0 aromatic heterocycles. The zero-order valence-electron chi connectivity index (χ0n) is 11.2. The number of carbonyl (C=O) groups excluding carboxylic acids is 1. The van der Waals surface area contributed by atoms with Gasteiger partial charge in [-0.15, -0.1) is 0 Å². The zero-order chi connectivity index (χ0) is 16.0. The van der Waals surface area contributed by atoms with Crippen molar-refractivity contribution in [1.29, 1.82) is 0 Å². The molecule has 1 aromatic carbocycles. The lowest BCUT2D eigenvalue weighted by molar-refractivity contribution is -0.152. The van der Waals surface area contributed by atoms with Crippen LogP contribution in [0.5, 0.6) is 0 Å². The lowest BCUT2D eigenvalue weighted by atomic mass is 10.1. The van der Waals surface area contributed by atoms with E-state index in [4.69, 9.17) is 22.7 Å². The number of amides is 1. The van der Waals surface area contributed by atoms with Gasteiger partial charge in [-0.05, 0) is 19.1 Å². The molecular weight excluding hydrogens is 305 g/mol. The summed E-state index contributed by atoms with van der Waals surface area (Å²) < 4.78 is 40.8. The molecule has 0 spiro atoms. The summed E-state index contributed by atoms with van der Waals surface area (Å²) in [6.45, 7) is 0.796. The fourth-order valence-corrected chi connectivity index (χ4v) is 1.65. The zero-order valence-corrected chi connectivity index (χ0v) is 12.1. The van der Waals surface area contributed by atoms with Crippen LogP contribution in [0.3, 0.4) is 0 Å². The Kier molecular flexibility index (Phi) is 6.10. The Hall–Kier alpha value is -1.67. The van der Waals surface area contributed by atoms with Gasteiger partial charge < -0.3 is 15.8 Å². The summed E-state index contributed by atoms with van der Waals surface area (Å²) in [6, 6.07) is 6.60. The first kappa shape index (κ1) is 17.4. The maximum atomic E-state index is 12.0. The number of para-hydroxylation sites is 1. The molecule has 1 aromatic rings. The van der Waals surface area contributed by atoms with Crippen molar-refractivity contribution in [3.05, 3.63) is 29.8 Å². The van der Waals surface area contributed by atoms with Gasteiger partial charge in [0.15, 0.2) is 0 Å². The summed E-state index contributed by atoms with van der Waals surface area (Å²) in [5, 5.41) is 2.53. The first-order valence-corrected chi connectivity index (χ1v) is 6.49. The van der Waals surface area contributed by atoms with Gasteiger partial charge in [0.05, 0.1) is 18.7 Å². The highest BCUT2D eigenvalue weighted by atomic mass is 32.1. The van der Waals surface area contributed by atoms with Crippen LogP contribution in [0.2, 0.25) is 0 Å². The Balaban J connectivity index is 2.59. The average molecular weight is 320 g/mol. The summed E-state index contributed by atoms with van der Waals surface area (Å²) in [7, 11) is 0. The van der Waals surface area contributed by atoms with E-state index in [1.54, 1.807) is 24.3 Å². The molecule has 1 amide bonds. The minimum absolute atomic E-state index is 0.108. The van der Waals surface area contributed by atoms with Gasteiger partial charge in [0.25, 0.3) is 5.91 Å². The number of carbonyl (C=O) groups is 1. The minimum atomic E-state index is -4.31. The molecule has 0 saturated carbocycles. The van der Waals surface area contributed by atoms with Gasteiger partial charge in [-0.1, -0.05) is 24.4 Å². The molecular formula is C13H15F3N2O2S. The maximum Gasteiger partial charge on any atom is 0.391 e. The first-order valence-electron chi connectivity index (χ1n) is 6.09. The number of thiocarbonyl (C=S) groups is 1. The van der Waals surface area contributed by atoms with Gasteiger partial charge in [0.2, 0.25) is 0 Å². The number of rotatable bonds is 6. The van der Waals surface area contributed by atoms with Crippen LogP contribution in [0.1, 0.15) is 18.9 Å². The summed E-state index contributed by atoms with van der Waals surface area (Å²) in [5.74, 6) is -0.569. The average Bonchev–Trinajstić information content (AvgIpc) is 2.37. The number of nitrogens with two attached hydrogens (primary N) is 1. The Labute approximate surface area is 125 Å². The topological polar surface area (TPSA) is 64.3 Å². The van der Waals surface area contributed by atoms with Crippen LogP contribution in [0.4, 0.5) is 18.9 Å². The van der Waals surface area contributed by atoms with E-state index in [1.807, 2.05) is 0 Å². The molecule has 0 heterocycles. The fourth-order valence-electron chi connectivity index (χ4n) is 1.47. The van der Waals surface area contributed by atoms with Gasteiger partial charge in [0.1, 0.15) is 11.1 Å². The minimum Gasteiger partial charge on any atom is -0.389 e. The molecule has 4 nitrogen and oxygen atoms in total. The number of alkyl halides is 3. The number of ether oxygens (including phenoxy) is 1. The van der Waals surface area contributed by atoms with E-state index in [9.17, 15) is 18.0 Å². The second-order valence-electron chi connectivity index (χ2n) is 4.28. The Bertz CT molecular complexity index is 520. The van der Waals surface area contributed by atoms with E-state index in [1.165, 1.54) is 6.92 Å². The molecule has 8 heteroatoms. The van der Waals surface area contributed by atoms with E-state index < -0.39 is 31.2 Å². The highest BCUT2D eigenvalue weighted by Gasteiger charge is 2.27. The highest BCUT2D eigenvalue weighted by molar-refractivity contribution is 7.80. The van der Waals surface area contributed by atoms with Crippen LogP contribution < -0.4 is 11.1 Å². The van der Waals surface area contributed by atoms with Gasteiger partial charge in [-0.2, -0.15) is 13.2 Å². The van der Waals surface area contributed by atoms with Crippen LogP contribution in [-0.4, -0.2) is 29.8 Å². The normalized spacial score (nSPS) is 12.8. The SMILES string of the molecule is CC(OCCC(F)(F)F)C(=O)Nc1ccccc1C(N)=S. The number of benzene rings is 1. The molecule has 116 valence electrons. The quantitative estimate of drug-likeness (QED) is 0.791. The molecule has 1 rings (SSSR count). The molecule has 3 N–H and O–H groups in total. The van der Waals surface area contributed by atoms with Crippen molar-refractivity contribution in [2.75, 3.05) is 11.9 Å². The number of nitrogens with one attached hydrogen (secondary N) is 1. The standard InChI is InChI=1S/C13H15F3N2O2S/c1-8(20-7-6-13(14,15)16)12(19)18-10-5-3-2-4-9(10)11(17)21/h2-5,8H,6-7H2,1H3,(H2,17,21)(H,18,19). The summed E-state index contributed by atoms with van der Waals surface area (Å²) in [4.78, 5) is 11.9. The highest BCUT2D eigenvalue weighted by Crippen LogP contribution is 2.20. The maximum absolute atomic E-state index is 12.0. The third kappa shape index (κ3) is 6.09. The lowest BCUT2D eigenvalue weighted by Crippen LogP contribution is -2.30. The van der Waals surface area contributed by atoms with Crippen molar-refractivity contribution in [3.63, 3.8) is 0 Å². The van der Waals surface area contributed by atoms with Crippen LogP contribution >= 0.6 is 12.2 Å². The van der Waals surface area contributed by atoms with Crippen molar-refractivity contribution in [3.8, 4) is 0 Å². The van der Waals surface area contributed by atoms with Crippen LogP contribution in [0, 0.1) is 0 Å². The predicted octanol–water partition coefficient (Wildman–Crippen LogP) is 2.62. The van der Waals surface area contributed by atoms with Crippen LogP contribution in [-0.2, 0) is 9.53 Å². The van der Waals surface area contributed by atoms with Crippen LogP contribution in [0.15, 0.2) is 24.3 Å². The second kappa shape index (κ2) is 7.37.